The summed E-state index contributed by atoms with van der Waals surface area (Å²) < 4.78 is 13.8. The summed E-state index contributed by atoms with van der Waals surface area (Å²) in [6.45, 7) is 1.18. The van der Waals surface area contributed by atoms with Gasteiger partial charge in [0.25, 0.3) is 5.56 Å². The molecule has 1 aliphatic heterocycles. The van der Waals surface area contributed by atoms with E-state index < -0.39 is 0 Å². The van der Waals surface area contributed by atoms with Crippen LogP contribution in [-0.4, -0.2) is 33.9 Å². The lowest BCUT2D eigenvalue weighted by atomic mass is 9.93. The van der Waals surface area contributed by atoms with Crippen LogP contribution in [0, 0.1) is 5.82 Å². The summed E-state index contributed by atoms with van der Waals surface area (Å²) in [7, 11) is 0. The van der Waals surface area contributed by atoms with Crippen LogP contribution < -0.4 is 5.56 Å². The van der Waals surface area contributed by atoms with E-state index in [1.54, 1.807) is 35.4 Å². The van der Waals surface area contributed by atoms with Crippen molar-refractivity contribution in [1.82, 2.24) is 14.9 Å². The summed E-state index contributed by atoms with van der Waals surface area (Å²) in [6.07, 6.45) is 3.39. The van der Waals surface area contributed by atoms with Crippen LogP contribution in [0.2, 0.25) is 0 Å². The molecular weight excluding hydrogens is 345 g/mol. The summed E-state index contributed by atoms with van der Waals surface area (Å²) in [4.78, 5) is 33.8. The van der Waals surface area contributed by atoms with E-state index in [0.29, 0.717) is 24.2 Å². The average Bonchev–Trinajstić information content (AvgIpc) is 2.70. The lowest BCUT2D eigenvalue weighted by molar-refractivity contribution is -0.131. The predicted octanol–water partition coefficient (Wildman–Crippen LogP) is 3.01. The zero-order chi connectivity index (χ0) is 18.8. The highest BCUT2D eigenvalue weighted by Crippen LogP contribution is 2.27. The van der Waals surface area contributed by atoms with Gasteiger partial charge in [-0.15, -0.1) is 0 Å². The molecule has 0 saturated carbocycles. The van der Waals surface area contributed by atoms with Gasteiger partial charge < -0.3 is 9.88 Å². The van der Waals surface area contributed by atoms with Crippen LogP contribution in [-0.2, 0) is 11.2 Å². The Morgan fingerprint density at radius 2 is 2.11 bits per heavy atom. The monoisotopic (exact) mass is 365 g/mol. The minimum absolute atomic E-state index is 0.0531. The van der Waals surface area contributed by atoms with Crippen molar-refractivity contribution in [3.63, 3.8) is 0 Å². The number of pyridine rings is 2. The molecule has 27 heavy (non-hydrogen) atoms. The summed E-state index contributed by atoms with van der Waals surface area (Å²) in [6, 6.07) is 12.0. The summed E-state index contributed by atoms with van der Waals surface area (Å²) >= 11 is 0. The fourth-order valence-corrected chi connectivity index (χ4v) is 3.71. The van der Waals surface area contributed by atoms with E-state index in [0.717, 1.165) is 23.9 Å². The number of aromatic amines is 1. The van der Waals surface area contributed by atoms with Gasteiger partial charge in [-0.25, -0.2) is 4.39 Å². The largest absolute Gasteiger partial charge is 0.342 e. The topological polar surface area (TPSA) is 66.1 Å². The summed E-state index contributed by atoms with van der Waals surface area (Å²) in [5.74, 6) is -0.388. The van der Waals surface area contributed by atoms with Crippen LogP contribution in [0.15, 0.2) is 53.5 Å². The highest BCUT2D eigenvalue weighted by Gasteiger charge is 2.26. The van der Waals surface area contributed by atoms with Gasteiger partial charge in [0, 0.05) is 36.3 Å². The molecule has 0 aliphatic carbocycles. The first-order valence-corrected chi connectivity index (χ1v) is 9.11. The number of nitrogens with zero attached hydrogens (tertiary/aromatic N) is 2. The molecule has 138 valence electrons. The number of amides is 1. The Labute approximate surface area is 155 Å². The van der Waals surface area contributed by atoms with Crippen molar-refractivity contribution in [2.45, 2.75) is 25.2 Å². The van der Waals surface area contributed by atoms with E-state index in [4.69, 9.17) is 0 Å². The number of carbonyl (C=O) groups is 1. The van der Waals surface area contributed by atoms with E-state index in [1.807, 2.05) is 12.1 Å². The van der Waals surface area contributed by atoms with Gasteiger partial charge in [0.1, 0.15) is 11.3 Å². The highest BCUT2D eigenvalue weighted by molar-refractivity contribution is 5.79. The average molecular weight is 365 g/mol. The summed E-state index contributed by atoms with van der Waals surface area (Å²) in [5, 5.41) is 0.797. The van der Waals surface area contributed by atoms with Crippen LogP contribution >= 0.6 is 0 Å². The molecule has 1 N–H and O–H groups in total. The van der Waals surface area contributed by atoms with Crippen molar-refractivity contribution < 1.29 is 9.18 Å². The number of H-pyrrole nitrogens is 1. The molecule has 1 atom stereocenters. The molecule has 3 aromatic rings. The minimum Gasteiger partial charge on any atom is -0.342 e. The second kappa shape index (κ2) is 7.31. The Morgan fingerprint density at radius 3 is 2.96 bits per heavy atom. The van der Waals surface area contributed by atoms with Gasteiger partial charge in [0.2, 0.25) is 5.91 Å². The number of halogens is 1. The number of hydrogen-bond acceptors (Lipinski definition) is 3. The number of fused-ring (bicyclic) bond motifs is 1. The molecule has 1 saturated heterocycles. The third-order valence-corrected chi connectivity index (χ3v) is 5.14. The molecular formula is C21H20FN3O2. The number of carbonyl (C=O) groups excluding carboxylic acids is 1. The maximum Gasteiger partial charge on any atom is 0.274 e. The highest BCUT2D eigenvalue weighted by atomic mass is 19.1. The third kappa shape index (κ3) is 3.60. The number of aromatic nitrogens is 2. The van der Waals surface area contributed by atoms with Crippen LogP contribution in [0.4, 0.5) is 4.39 Å². The van der Waals surface area contributed by atoms with Gasteiger partial charge in [-0.3, -0.25) is 14.6 Å². The van der Waals surface area contributed by atoms with Crippen LogP contribution in [0.3, 0.4) is 0 Å². The molecule has 5 nitrogen and oxygen atoms in total. The quantitative estimate of drug-likeness (QED) is 0.776. The Kier molecular flexibility index (Phi) is 4.71. The Balaban J connectivity index is 1.54. The van der Waals surface area contributed by atoms with Gasteiger partial charge >= 0.3 is 0 Å². The normalized spacial score (nSPS) is 17.2. The second-order valence-corrected chi connectivity index (χ2v) is 6.94. The van der Waals surface area contributed by atoms with Crippen molar-refractivity contribution in [3.05, 3.63) is 76.1 Å². The Bertz CT molecular complexity index is 1050. The molecule has 2 aromatic heterocycles. The number of rotatable bonds is 3. The standard InChI is InChI=1S/C21H20FN3O2/c22-17-8-2-1-5-14(17)12-19(26)25-10-4-7-16(13-25)18-11-15-6-3-9-23-20(15)21(27)24-18/h1-3,5-6,8-9,11,16H,4,7,10,12-13H2,(H,24,27)/t16-/m0/s1. The van der Waals surface area contributed by atoms with E-state index in [1.165, 1.54) is 6.07 Å². The van der Waals surface area contributed by atoms with Crippen molar-refractivity contribution in [1.29, 1.82) is 0 Å². The van der Waals surface area contributed by atoms with Crippen molar-refractivity contribution in [2.24, 2.45) is 0 Å². The fourth-order valence-electron chi connectivity index (χ4n) is 3.71. The second-order valence-electron chi connectivity index (χ2n) is 6.94. The van der Waals surface area contributed by atoms with Gasteiger partial charge in [0.05, 0.1) is 6.42 Å². The molecule has 3 heterocycles. The maximum absolute atomic E-state index is 13.8. The number of benzene rings is 1. The van der Waals surface area contributed by atoms with Crippen molar-refractivity contribution in [2.75, 3.05) is 13.1 Å². The molecule has 1 aliphatic rings. The maximum atomic E-state index is 13.8. The smallest absolute Gasteiger partial charge is 0.274 e. The Morgan fingerprint density at radius 1 is 1.26 bits per heavy atom. The SMILES string of the molecule is O=C(Cc1ccccc1F)N1CCC[C@H](c2cc3cccnc3c(=O)[nH]2)C1. The molecule has 1 amide bonds. The molecule has 0 radical (unpaired) electrons. The molecule has 4 rings (SSSR count). The molecule has 1 aromatic carbocycles. The third-order valence-electron chi connectivity index (χ3n) is 5.14. The number of hydrogen-bond donors (Lipinski definition) is 1. The molecule has 1 fully saturated rings. The zero-order valence-corrected chi connectivity index (χ0v) is 14.8. The first-order valence-electron chi connectivity index (χ1n) is 9.11. The molecule has 6 heteroatoms. The lowest BCUT2D eigenvalue weighted by Crippen LogP contribution is -2.40. The van der Waals surface area contributed by atoms with E-state index in [9.17, 15) is 14.0 Å². The number of likely N-dealkylation sites (tertiary alicyclic amines) is 1. The Hall–Kier alpha value is -3.02. The summed E-state index contributed by atoms with van der Waals surface area (Å²) in [5.41, 5.74) is 1.45. The van der Waals surface area contributed by atoms with Crippen LogP contribution in [0.25, 0.3) is 10.9 Å². The minimum atomic E-state index is -0.356. The first kappa shape index (κ1) is 17.4. The lowest BCUT2D eigenvalue weighted by Gasteiger charge is -2.33. The van der Waals surface area contributed by atoms with Gasteiger partial charge in [-0.1, -0.05) is 24.3 Å². The van der Waals surface area contributed by atoms with E-state index in [2.05, 4.69) is 9.97 Å². The molecule has 0 bridgehead atoms. The molecule has 0 unspecified atom stereocenters. The van der Waals surface area contributed by atoms with Gasteiger partial charge in [0.15, 0.2) is 0 Å². The first-order chi connectivity index (χ1) is 13.1. The predicted molar refractivity (Wildman–Crippen MR) is 101 cm³/mol. The van der Waals surface area contributed by atoms with E-state index >= 15 is 0 Å². The van der Waals surface area contributed by atoms with Crippen LogP contribution in [0.1, 0.15) is 30.0 Å². The number of nitrogens with one attached hydrogen (secondary N) is 1. The van der Waals surface area contributed by atoms with E-state index in [-0.39, 0.29) is 29.6 Å². The van der Waals surface area contributed by atoms with Gasteiger partial charge in [-0.05, 0) is 36.6 Å². The zero-order valence-electron chi connectivity index (χ0n) is 14.8. The van der Waals surface area contributed by atoms with Crippen molar-refractivity contribution in [3.8, 4) is 0 Å². The van der Waals surface area contributed by atoms with Crippen molar-refractivity contribution >= 4 is 16.8 Å². The molecule has 0 spiro atoms. The fraction of sp³-hybridized carbons (Fsp3) is 0.286. The van der Waals surface area contributed by atoms with Gasteiger partial charge in [-0.2, -0.15) is 0 Å². The number of piperidine rings is 1. The van der Waals surface area contributed by atoms with Crippen LogP contribution in [0.5, 0.6) is 0 Å².